The number of nitrogens with zero attached hydrogens (tertiary/aromatic N) is 4. The van der Waals surface area contributed by atoms with Crippen LogP contribution in [0.1, 0.15) is 19.8 Å². The number of thiophene rings is 1. The number of hydrogen-bond donors (Lipinski definition) is 1. The van der Waals surface area contributed by atoms with E-state index in [1.54, 1.807) is 6.07 Å². The van der Waals surface area contributed by atoms with Crippen LogP contribution in [-0.4, -0.2) is 49.4 Å². The van der Waals surface area contributed by atoms with Gasteiger partial charge in [0.05, 0.1) is 13.2 Å². The van der Waals surface area contributed by atoms with Crippen molar-refractivity contribution in [2.75, 3.05) is 54.5 Å². The minimum atomic E-state index is -0.00697. The second-order valence-electron chi connectivity index (χ2n) is 9.47. The summed E-state index contributed by atoms with van der Waals surface area (Å²) in [6, 6.07) is 11.6. The lowest BCUT2D eigenvalue weighted by atomic mass is 9.99. The molecule has 0 amide bonds. The van der Waals surface area contributed by atoms with Crippen LogP contribution in [0.2, 0.25) is 0 Å². The first-order chi connectivity index (χ1) is 17.6. The fraction of sp³-hybridized carbons (Fsp3) is 0.370. The third-order valence-electron chi connectivity index (χ3n) is 6.95. The predicted molar refractivity (Wildman–Crippen MR) is 145 cm³/mol. The third-order valence-corrected chi connectivity index (χ3v) is 7.93. The van der Waals surface area contributed by atoms with E-state index in [-0.39, 0.29) is 5.43 Å². The first kappa shape index (κ1) is 23.0. The zero-order valence-electron chi connectivity index (χ0n) is 20.3. The van der Waals surface area contributed by atoms with Gasteiger partial charge in [-0.1, -0.05) is 19.1 Å². The summed E-state index contributed by atoms with van der Waals surface area (Å²) in [5.74, 6) is 2.93. The molecule has 4 aromatic rings. The monoisotopic (exact) mass is 503 g/mol. The van der Waals surface area contributed by atoms with E-state index in [1.807, 2.05) is 41.9 Å². The van der Waals surface area contributed by atoms with Gasteiger partial charge in [0, 0.05) is 55.1 Å². The highest BCUT2D eigenvalue weighted by Gasteiger charge is 2.19. The van der Waals surface area contributed by atoms with Crippen LogP contribution in [0.5, 0.6) is 0 Å². The number of hydrogen-bond acceptors (Lipinski definition) is 9. The van der Waals surface area contributed by atoms with Gasteiger partial charge in [0.25, 0.3) is 0 Å². The van der Waals surface area contributed by atoms with Crippen molar-refractivity contribution in [2.45, 2.75) is 19.8 Å². The minimum absolute atomic E-state index is 0.00697. The number of rotatable bonds is 5. The zero-order chi connectivity index (χ0) is 24.5. The molecule has 0 unspecified atom stereocenters. The molecule has 1 N–H and O–H groups in total. The fourth-order valence-electron chi connectivity index (χ4n) is 4.75. The molecule has 0 spiro atoms. The Hall–Kier alpha value is -3.43. The maximum Gasteiger partial charge on any atom is 0.229 e. The van der Waals surface area contributed by atoms with Crippen LogP contribution in [0.15, 0.2) is 57.2 Å². The maximum absolute atomic E-state index is 12.8. The van der Waals surface area contributed by atoms with Crippen LogP contribution < -0.4 is 20.5 Å². The van der Waals surface area contributed by atoms with E-state index in [2.05, 4.69) is 27.0 Å². The third kappa shape index (κ3) is 4.68. The van der Waals surface area contributed by atoms with Gasteiger partial charge >= 0.3 is 0 Å². The highest BCUT2D eigenvalue weighted by atomic mass is 32.1. The highest BCUT2D eigenvalue weighted by molar-refractivity contribution is 7.17. The summed E-state index contributed by atoms with van der Waals surface area (Å²) in [5.41, 5.74) is 3.45. The lowest BCUT2D eigenvalue weighted by Gasteiger charge is -2.31. The molecule has 0 bridgehead atoms. The standard InChI is InChI=1S/C27H29N5O3S/c1-18-7-10-31(11-8-18)23-6-9-28-27(30-23)29-20-4-2-19(3-5-20)21-17-36-26-22(33)16-24(35-25(21)26)32-12-14-34-15-13-32/h2-6,9,16-18H,7-8,10-15H2,1H3,(H,28,29,30). The van der Waals surface area contributed by atoms with Crippen molar-refractivity contribution in [1.29, 1.82) is 0 Å². The van der Waals surface area contributed by atoms with Crippen LogP contribution >= 0.6 is 11.3 Å². The van der Waals surface area contributed by atoms with Gasteiger partial charge in [-0.15, -0.1) is 11.3 Å². The predicted octanol–water partition coefficient (Wildman–Crippen LogP) is 5.13. The largest absolute Gasteiger partial charge is 0.439 e. The molecule has 0 aliphatic carbocycles. The molecule has 2 fully saturated rings. The number of morpholine rings is 1. The van der Waals surface area contributed by atoms with Crippen molar-refractivity contribution in [1.82, 2.24) is 9.97 Å². The average Bonchev–Trinajstić information content (AvgIpc) is 3.35. The number of ether oxygens (including phenoxy) is 1. The Morgan fingerprint density at radius 3 is 2.58 bits per heavy atom. The molecule has 0 atom stereocenters. The lowest BCUT2D eigenvalue weighted by Crippen LogP contribution is -2.36. The van der Waals surface area contributed by atoms with Gasteiger partial charge in [0.1, 0.15) is 10.5 Å². The first-order valence-corrected chi connectivity index (χ1v) is 13.4. The summed E-state index contributed by atoms with van der Waals surface area (Å²) in [5, 5.41) is 5.32. The van der Waals surface area contributed by atoms with Crippen molar-refractivity contribution in [3.63, 3.8) is 0 Å². The Balaban J connectivity index is 1.22. The minimum Gasteiger partial charge on any atom is -0.439 e. The van der Waals surface area contributed by atoms with E-state index in [1.165, 1.54) is 24.2 Å². The number of fused-ring (bicyclic) bond motifs is 1. The normalized spacial score (nSPS) is 17.0. The van der Waals surface area contributed by atoms with E-state index in [0.717, 1.165) is 41.6 Å². The lowest BCUT2D eigenvalue weighted by molar-refractivity contribution is 0.121. The van der Waals surface area contributed by atoms with Crippen LogP contribution in [0.4, 0.5) is 23.3 Å². The zero-order valence-corrected chi connectivity index (χ0v) is 21.1. The molecule has 9 heteroatoms. The van der Waals surface area contributed by atoms with Gasteiger partial charge < -0.3 is 24.3 Å². The molecule has 36 heavy (non-hydrogen) atoms. The molecule has 0 saturated carbocycles. The van der Waals surface area contributed by atoms with Crippen LogP contribution in [-0.2, 0) is 4.74 Å². The summed E-state index contributed by atoms with van der Waals surface area (Å²) >= 11 is 1.42. The molecule has 8 nitrogen and oxygen atoms in total. The molecule has 6 rings (SSSR count). The number of aromatic nitrogens is 2. The molecule has 2 aliphatic heterocycles. The molecule has 2 aliphatic rings. The second kappa shape index (κ2) is 9.91. The molecule has 2 saturated heterocycles. The van der Waals surface area contributed by atoms with Crippen molar-refractivity contribution >= 4 is 45.0 Å². The van der Waals surface area contributed by atoms with Crippen LogP contribution in [0.25, 0.3) is 21.4 Å². The molecule has 186 valence electrons. The molecule has 3 aromatic heterocycles. The molecule has 1 aromatic carbocycles. The summed E-state index contributed by atoms with van der Waals surface area (Å²) < 4.78 is 12.3. The van der Waals surface area contributed by atoms with Gasteiger partial charge in [-0.25, -0.2) is 4.98 Å². The fourth-order valence-corrected chi connectivity index (χ4v) is 5.67. The molecule has 5 heterocycles. The van der Waals surface area contributed by atoms with Crippen molar-refractivity contribution in [3.05, 3.63) is 58.2 Å². The van der Waals surface area contributed by atoms with E-state index >= 15 is 0 Å². The Morgan fingerprint density at radius 2 is 1.81 bits per heavy atom. The Labute approximate surface area is 213 Å². The second-order valence-corrected chi connectivity index (χ2v) is 10.3. The number of benzene rings is 1. The van der Waals surface area contributed by atoms with Gasteiger partial charge in [0.2, 0.25) is 11.4 Å². The molecular formula is C27H29N5O3S. The highest BCUT2D eigenvalue weighted by Crippen LogP contribution is 2.35. The van der Waals surface area contributed by atoms with E-state index < -0.39 is 0 Å². The average molecular weight is 504 g/mol. The quantitative estimate of drug-likeness (QED) is 0.401. The number of anilines is 4. The van der Waals surface area contributed by atoms with E-state index in [0.29, 0.717) is 48.4 Å². The SMILES string of the molecule is CC1CCN(c2ccnc(Nc3ccc(-c4csc5c(=O)cc(N6CCOCC6)oc45)cc3)n2)CC1. The summed E-state index contributed by atoms with van der Waals surface area (Å²) in [4.78, 5) is 26.3. The van der Waals surface area contributed by atoms with Gasteiger partial charge in [-0.05, 0) is 42.5 Å². The van der Waals surface area contributed by atoms with Gasteiger partial charge in [-0.3, -0.25) is 4.79 Å². The van der Waals surface area contributed by atoms with Gasteiger partial charge in [-0.2, -0.15) is 4.98 Å². The Kier molecular flexibility index (Phi) is 6.33. The van der Waals surface area contributed by atoms with Crippen molar-refractivity contribution in [3.8, 4) is 11.1 Å². The smallest absolute Gasteiger partial charge is 0.229 e. The number of piperidine rings is 1. The van der Waals surface area contributed by atoms with E-state index in [9.17, 15) is 4.79 Å². The number of nitrogens with one attached hydrogen (secondary N) is 1. The Bertz CT molecular complexity index is 1400. The summed E-state index contributed by atoms with van der Waals surface area (Å²) in [6.07, 6.45) is 4.20. The van der Waals surface area contributed by atoms with Crippen LogP contribution in [0.3, 0.4) is 0 Å². The van der Waals surface area contributed by atoms with Crippen LogP contribution in [0, 0.1) is 5.92 Å². The topological polar surface area (TPSA) is 83.7 Å². The molecule has 0 radical (unpaired) electrons. The van der Waals surface area contributed by atoms with E-state index in [4.69, 9.17) is 14.1 Å². The Morgan fingerprint density at radius 1 is 1.03 bits per heavy atom. The summed E-state index contributed by atoms with van der Waals surface area (Å²) in [7, 11) is 0. The first-order valence-electron chi connectivity index (χ1n) is 12.5. The van der Waals surface area contributed by atoms with Crippen molar-refractivity contribution < 1.29 is 9.15 Å². The maximum atomic E-state index is 12.8. The van der Waals surface area contributed by atoms with Gasteiger partial charge in [0.15, 0.2) is 11.5 Å². The summed E-state index contributed by atoms with van der Waals surface area (Å²) in [6.45, 7) is 7.08. The molecular weight excluding hydrogens is 474 g/mol. The van der Waals surface area contributed by atoms with Crippen molar-refractivity contribution in [2.24, 2.45) is 5.92 Å².